The van der Waals surface area contributed by atoms with Crippen LogP contribution in [0.15, 0.2) is 71.3 Å². The minimum Gasteiger partial charge on any atom is -0.448 e. The third-order valence-corrected chi connectivity index (χ3v) is 5.52. The zero-order valence-electron chi connectivity index (χ0n) is 16.5. The molecule has 1 aliphatic heterocycles. The van der Waals surface area contributed by atoms with Gasteiger partial charge in [-0.1, -0.05) is 60.7 Å². The topological polar surface area (TPSA) is 67.2 Å². The second kappa shape index (κ2) is 9.52. The van der Waals surface area contributed by atoms with E-state index in [2.05, 4.69) is 64.1 Å². The lowest BCUT2D eigenvalue weighted by Crippen LogP contribution is -2.29. The molecule has 0 spiro atoms. The van der Waals surface area contributed by atoms with Crippen LogP contribution < -0.4 is 10.6 Å². The molecule has 0 bridgehead atoms. The number of rotatable bonds is 7. The predicted molar refractivity (Wildman–Crippen MR) is 113 cm³/mol. The SMILES string of the molecule is O=C(NCCC(c1ccccc1)c1ccccc1)c1coc(C2CCCNC2)n1. The summed E-state index contributed by atoms with van der Waals surface area (Å²) in [7, 11) is 0. The van der Waals surface area contributed by atoms with Gasteiger partial charge < -0.3 is 15.1 Å². The van der Waals surface area contributed by atoms with Gasteiger partial charge in [-0.2, -0.15) is 0 Å². The highest BCUT2D eigenvalue weighted by atomic mass is 16.3. The molecule has 2 N–H and O–H groups in total. The molecule has 4 rings (SSSR count). The lowest BCUT2D eigenvalue weighted by Gasteiger charge is -2.19. The summed E-state index contributed by atoms with van der Waals surface area (Å²) < 4.78 is 5.58. The summed E-state index contributed by atoms with van der Waals surface area (Å²) >= 11 is 0. The van der Waals surface area contributed by atoms with E-state index in [-0.39, 0.29) is 17.7 Å². The summed E-state index contributed by atoms with van der Waals surface area (Å²) in [6, 6.07) is 20.8. The van der Waals surface area contributed by atoms with Crippen molar-refractivity contribution < 1.29 is 9.21 Å². The van der Waals surface area contributed by atoms with Crippen molar-refractivity contribution in [3.63, 3.8) is 0 Å². The highest BCUT2D eigenvalue weighted by molar-refractivity contribution is 5.91. The van der Waals surface area contributed by atoms with E-state index in [4.69, 9.17) is 4.42 Å². The molecule has 2 heterocycles. The molecule has 1 aromatic heterocycles. The Bertz CT molecular complexity index is 863. The van der Waals surface area contributed by atoms with Gasteiger partial charge in [0.15, 0.2) is 11.6 Å². The standard InChI is InChI=1S/C24H27N3O2/c28-23(22-17-29-24(27-22)20-12-7-14-25-16-20)26-15-13-21(18-8-3-1-4-9-18)19-10-5-2-6-11-19/h1-6,8-11,17,20-21,25H,7,12-16H2,(H,26,28). The van der Waals surface area contributed by atoms with Crippen LogP contribution >= 0.6 is 0 Å². The van der Waals surface area contributed by atoms with Crippen molar-refractivity contribution in [1.82, 2.24) is 15.6 Å². The summed E-state index contributed by atoms with van der Waals surface area (Å²) in [6.45, 7) is 2.46. The number of aromatic nitrogens is 1. The molecule has 0 saturated carbocycles. The largest absolute Gasteiger partial charge is 0.448 e. The highest BCUT2D eigenvalue weighted by Crippen LogP contribution is 2.27. The van der Waals surface area contributed by atoms with Crippen molar-refractivity contribution in [2.24, 2.45) is 0 Å². The van der Waals surface area contributed by atoms with Crippen LogP contribution in [0.5, 0.6) is 0 Å². The molecule has 1 unspecified atom stereocenters. The number of amides is 1. The maximum Gasteiger partial charge on any atom is 0.273 e. The molecule has 0 radical (unpaired) electrons. The summed E-state index contributed by atoms with van der Waals surface area (Å²) in [5.74, 6) is 0.974. The van der Waals surface area contributed by atoms with Crippen LogP contribution in [0.4, 0.5) is 0 Å². The maximum atomic E-state index is 12.5. The van der Waals surface area contributed by atoms with Gasteiger partial charge >= 0.3 is 0 Å². The van der Waals surface area contributed by atoms with E-state index in [0.29, 0.717) is 18.1 Å². The summed E-state index contributed by atoms with van der Waals surface area (Å²) in [4.78, 5) is 17.0. The van der Waals surface area contributed by atoms with E-state index in [1.165, 1.54) is 17.4 Å². The molecule has 0 aliphatic carbocycles. The Balaban J connectivity index is 1.37. The number of carbonyl (C=O) groups is 1. The van der Waals surface area contributed by atoms with Gasteiger partial charge in [0.1, 0.15) is 6.26 Å². The number of hydrogen-bond acceptors (Lipinski definition) is 4. The van der Waals surface area contributed by atoms with E-state index in [1.54, 1.807) is 0 Å². The van der Waals surface area contributed by atoms with Crippen LogP contribution in [0.1, 0.15) is 58.6 Å². The van der Waals surface area contributed by atoms with Gasteiger partial charge in [-0.05, 0) is 36.9 Å². The van der Waals surface area contributed by atoms with Crippen molar-refractivity contribution >= 4 is 5.91 Å². The number of carbonyl (C=O) groups excluding carboxylic acids is 1. The first-order valence-corrected chi connectivity index (χ1v) is 10.4. The molecule has 1 amide bonds. The van der Waals surface area contributed by atoms with Crippen molar-refractivity contribution in [2.75, 3.05) is 19.6 Å². The highest BCUT2D eigenvalue weighted by Gasteiger charge is 2.22. The van der Waals surface area contributed by atoms with Gasteiger partial charge in [-0.25, -0.2) is 4.98 Å². The third kappa shape index (κ3) is 4.93. The Morgan fingerprint density at radius 3 is 2.41 bits per heavy atom. The van der Waals surface area contributed by atoms with Crippen molar-refractivity contribution in [2.45, 2.75) is 31.1 Å². The Kier molecular flexibility index (Phi) is 6.37. The van der Waals surface area contributed by atoms with Crippen molar-refractivity contribution in [1.29, 1.82) is 0 Å². The smallest absolute Gasteiger partial charge is 0.273 e. The Morgan fingerprint density at radius 2 is 1.79 bits per heavy atom. The lowest BCUT2D eigenvalue weighted by atomic mass is 9.88. The first kappa shape index (κ1) is 19.4. The van der Waals surface area contributed by atoms with Crippen molar-refractivity contribution in [3.8, 4) is 0 Å². The number of piperidine rings is 1. The fourth-order valence-corrected chi connectivity index (χ4v) is 3.96. The molecular formula is C24H27N3O2. The number of nitrogens with one attached hydrogen (secondary N) is 2. The first-order valence-electron chi connectivity index (χ1n) is 10.4. The van der Waals surface area contributed by atoms with E-state index >= 15 is 0 Å². The molecule has 3 aromatic rings. The van der Waals surface area contributed by atoms with Crippen LogP contribution in [-0.4, -0.2) is 30.5 Å². The molecule has 1 fully saturated rings. The molecule has 1 atom stereocenters. The average molecular weight is 389 g/mol. The second-order valence-electron chi connectivity index (χ2n) is 7.53. The fraction of sp³-hybridized carbons (Fsp3) is 0.333. The van der Waals surface area contributed by atoms with Crippen LogP contribution in [0.3, 0.4) is 0 Å². The summed E-state index contributed by atoms with van der Waals surface area (Å²) in [6.07, 6.45) is 4.45. The Morgan fingerprint density at radius 1 is 1.10 bits per heavy atom. The van der Waals surface area contributed by atoms with Gasteiger partial charge in [-0.3, -0.25) is 4.79 Å². The molecular weight excluding hydrogens is 362 g/mol. The van der Waals surface area contributed by atoms with E-state index in [1.807, 2.05) is 12.1 Å². The van der Waals surface area contributed by atoms with Crippen LogP contribution in [0.25, 0.3) is 0 Å². The maximum absolute atomic E-state index is 12.5. The van der Waals surface area contributed by atoms with Gasteiger partial charge in [0.05, 0.1) is 0 Å². The third-order valence-electron chi connectivity index (χ3n) is 5.52. The Labute approximate surface area is 171 Å². The fourth-order valence-electron chi connectivity index (χ4n) is 3.96. The monoisotopic (exact) mass is 389 g/mol. The first-order chi connectivity index (χ1) is 14.3. The minimum absolute atomic E-state index is 0.177. The molecule has 2 aromatic carbocycles. The zero-order valence-corrected chi connectivity index (χ0v) is 16.5. The van der Waals surface area contributed by atoms with Gasteiger partial charge in [-0.15, -0.1) is 0 Å². The van der Waals surface area contributed by atoms with Gasteiger partial charge in [0.25, 0.3) is 5.91 Å². The number of benzene rings is 2. The molecule has 1 saturated heterocycles. The second-order valence-corrected chi connectivity index (χ2v) is 7.53. The van der Waals surface area contributed by atoms with Crippen LogP contribution in [0, 0.1) is 0 Å². The van der Waals surface area contributed by atoms with E-state index in [9.17, 15) is 4.79 Å². The zero-order chi connectivity index (χ0) is 19.9. The summed E-state index contributed by atoms with van der Waals surface area (Å²) in [5, 5.41) is 6.36. The van der Waals surface area contributed by atoms with E-state index < -0.39 is 0 Å². The summed E-state index contributed by atoms with van der Waals surface area (Å²) in [5.41, 5.74) is 2.87. The minimum atomic E-state index is -0.177. The van der Waals surface area contributed by atoms with Gasteiger partial charge in [0, 0.05) is 24.9 Å². The molecule has 29 heavy (non-hydrogen) atoms. The quantitative estimate of drug-likeness (QED) is 0.639. The molecule has 5 nitrogen and oxygen atoms in total. The number of nitrogens with zero attached hydrogens (tertiary/aromatic N) is 1. The van der Waals surface area contributed by atoms with Crippen molar-refractivity contribution in [3.05, 3.63) is 89.6 Å². The predicted octanol–water partition coefficient (Wildman–Crippen LogP) is 4.09. The molecule has 1 aliphatic rings. The van der Waals surface area contributed by atoms with Gasteiger partial charge in [0.2, 0.25) is 0 Å². The number of hydrogen-bond donors (Lipinski definition) is 2. The molecule has 150 valence electrons. The average Bonchev–Trinajstić information content (AvgIpc) is 3.29. The lowest BCUT2D eigenvalue weighted by molar-refractivity contribution is 0.0947. The molecule has 5 heteroatoms. The van der Waals surface area contributed by atoms with E-state index in [0.717, 1.165) is 32.4 Å². The van der Waals surface area contributed by atoms with Crippen LogP contribution in [-0.2, 0) is 0 Å². The van der Waals surface area contributed by atoms with Crippen LogP contribution in [0.2, 0.25) is 0 Å². The normalized spacial score (nSPS) is 16.7. The Hall–Kier alpha value is -2.92. The number of oxazole rings is 1.